The molecule has 6 amide bonds. The highest BCUT2D eigenvalue weighted by Gasteiger charge is 2.61. The lowest BCUT2D eigenvalue weighted by molar-refractivity contribution is -0.343. The zero-order chi connectivity index (χ0) is 50.6. The van der Waals surface area contributed by atoms with E-state index in [1.165, 1.54) is 33.2 Å². The molecule has 386 valence electrons. The van der Waals surface area contributed by atoms with Crippen molar-refractivity contribution in [3.8, 4) is 0 Å². The molecule has 0 aromatic rings. The summed E-state index contributed by atoms with van der Waals surface area (Å²) in [6.45, 7) is 15.2. The molecule has 22 nitrogen and oxygen atoms in total. The van der Waals surface area contributed by atoms with Crippen molar-refractivity contribution in [2.24, 2.45) is 23.7 Å². The van der Waals surface area contributed by atoms with Crippen LogP contribution in [0.1, 0.15) is 120 Å². The van der Waals surface area contributed by atoms with E-state index in [4.69, 9.17) is 23.7 Å². The van der Waals surface area contributed by atoms with Gasteiger partial charge in [0.15, 0.2) is 11.6 Å². The molecular formula is C46H78N8O14. The monoisotopic (exact) mass is 967 g/mol. The summed E-state index contributed by atoms with van der Waals surface area (Å²) in [6.07, 6.45) is 1.58. The van der Waals surface area contributed by atoms with Gasteiger partial charge < -0.3 is 33.9 Å². The Hall–Kier alpha value is -4.03. The number of cyclic esters (lactones) is 1. The molecule has 0 aromatic heterocycles. The molecule has 5 saturated heterocycles. The molecule has 11 unspecified atom stereocenters. The van der Waals surface area contributed by atoms with Gasteiger partial charge in [0, 0.05) is 47.4 Å². The molecule has 5 heterocycles. The molecule has 0 aromatic carbocycles. The maximum Gasteiger partial charge on any atom is 0.332 e. The Morgan fingerprint density at radius 3 is 2.01 bits per heavy atom. The summed E-state index contributed by atoms with van der Waals surface area (Å²) < 4.78 is 30.9. The van der Waals surface area contributed by atoms with Crippen LogP contribution in [0.4, 0.5) is 0 Å². The molecule has 5 aliphatic rings. The van der Waals surface area contributed by atoms with Crippen LogP contribution in [0, 0.1) is 23.7 Å². The molecule has 0 radical (unpaired) electrons. The minimum Gasteiger partial charge on any atom is -0.458 e. The molecule has 5 N–H and O–H groups in total. The Balaban J connectivity index is 1.64. The zero-order valence-electron chi connectivity index (χ0n) is 42.1. The van der Waals surface area contributed by atoms with Gasteiger partial charge in [-0.15, -0.1) is 0 Å². The van der Waals surface area contributed by atoms with Crippen LogP contribution in [0.5, 0.6) is 0 Å². The fourth-order valence-electron chi connectivity index (χ4n) is 10.7. The molecule has 0 spiro atoms. The molecule has 68 heavy (non-hydrogen) atoms. The lowest BCUT2D eigenvalue weighted by Crippen LogP contribution is -2.71. The summed E-state index contributed by atoms with van der Waals surface area (Å²) in [4.78, 5) is 104. The van der Waals surface area contributed by atoms with Crippen molar-refractivity contribution < 1.29 is 67.7 Å². The maximum absolute atomic E-state index is 15.3. The van der Waals surface area contributed by atoms with E-state index in [0.29, 0.717) is 31.6 Å². The molecule has 0 bridgehead atoms. The smallest absolute Gasteiger partial charge is 0.332 e. The number of methoxy groups -OCH3 is 3. The number of hydrogen-bond donors (Lipinski definition) is 5. The fraction of sp³-hybridized carbons (Fsp3) is 0.848. The van der Waals surface area contributed by atoms with Gasteiger partial charge in [-0.3, -0.25) is 49.2 Å². The summed E-state index contributed by atoms with van der Waals surface area (Å²) in [5, 5.41) is 28.5. The topological polar surface area (TPSA) is 258 Å². The summed E-state index contributed by atoms with van der Waals surface area (Å²) in [6, 6.07) is -7.68. The van der Waals surface area contributed by atoms with Gasteiger partial charge in [0.05, 0.1) is 11.7 Å². The van der Waals surface area contributed by atoms with E-state index in [-0.39, 0.29) is 67.5 Å². The van der Waals surface area contributed by atoms with Gasteiger partial charge in [0.2, 0.25) is 11.7 Å². The summed E-state index contributed by atoms with van der Waals surface area (Å²) in [7, 11) is 4.08. The van der Waals surface area contributed by atoms with Crippen molar-refractivity contribution in [1.82, 2.24) is 41.2 Å². The van der Waals surface area contributed by atoms with Crippen LogP contribution in [0.15, 0.2) is 0 Å². The number of nitrogens with one attached hydrogen (secondary N) is 3. The zero-order valence-corrected chi connectivity index (χ0v) is 42.1. The van der Waals surface area contributed by atoms with E-state index in [2.05, 4.69) is 30.0 Å². The third-order valence-electron chi connectivity index (χ3n) is 14.8. The number of esters is 1. The van der Waals surface area contributed by atoms with Crippen molar-refractivity contribution in [2.75, 3.05) is 47.5 Å². The SMILES string of the molecule is CCC1OC(OC)(C(C)(OC)C(=O)NC2C(=O)N3NCCCC3C(=O)N(O)CC(=O)N3NCCCC3C(=O)N3CCC(C)(OC)C3C(=O)N(O)C(C(C)C)C(=O)OC2C(C)C)CCC1CC(C)C. The first-order valence-corrected chi connectivity index (χ1v) is 24.3. The quantitative estimate of drug-likeness (QED) is 0.145. The van der Waals surface area contributed by atoms with E-state index in [1.54, 1.807) is 34.6 Å². The number of hydrogen-bond acceptors (Lipinski definition) is 16. The van der Waals surface area contributed by atoms with Crippen molar-refractivity contribution >= 4 is 41.4 Å². The molecule has 5 fully saturated rings. The summed E-state index contributed by atoms with van der Waals surface area (Å²) in [5.41, 5.74) is 2.50. The Morgan fingerprint density at radius 2 is 1.47 bits per heavy atom. The van der Waals surface area contributed by atoms with Gasteiger partial charge >= 0.3 is 5.97 Å². The Labute approximate surface area is 400 Å². The number of amides is 6. The number of ether oxygens (including phenoxy) is 5. The second kappa shape index (κ2) is 22.4. The van der Waals surface area contributed by atoms with Crippen LogP contribution in [-0.4, -0.2) is 184 Å². The highest BCUT2D eigenvalue weighted by molar-refractivity contribution is 5.97. The number of rotatable bonds is 11. The normalized spacial score (nSPS) is 34.0. The van der Waals surface area contributed by atoms with Gasteiger partial charge in [0.25, 0.3) is 29.5 Å². The lowest BCUT2D eigenvalue weighted by Gasteiger charge is -2.51. The van der Waals surface area contributed by atoms with Gasteiger partial charge in [-0.25, -0.2) is 25.8 Å². The molecule has 5 aliphatic heterocycles. The molecular weight excluding hydrogens is 889 g/mol. The average Bonchev–Trinajstić information content (AvgIpc) is 3.67. The number of hydroxylamine groups is 4. The highest BCUT2D eigenvalue weighted by Crippen LogP contribution is 2.45. The maximum atomic E-state index is 15.3. The van der Waals surface area contributed by atoms with Crippen LogP contribution in [0.25, 0.3) is 0 Å². The number of fused-ring (bicyclic) bond motifs is 3. The number of nitrogens with zero attached hydrogens (tertiary/aromatic N) is 5. The molecule has 5 rings (SSSR count). The Kier molecular flexibility index (Phi) is 18.1. The third-order valence-corrected chi connectivity index (χ3v) is 14.8. The average molecular weight is 967 g/mol. The highest BCUT2D eigenvalue weighted by atomic mass is 16.7. The standard InChI is InChI=1S/C46H78N8O14/c1-13-32-29(24-26(2)3)18-19-46(66-12,68-32)45(9,65-11)43(61)49-34-36(28(6)7)67-42(60)35(27(4)5)54(63)41(59)37-44(8,64-10)20-23-50(37)38(56)30-16-14-21-47-52(30)33(55)25-51(62)39(57)31-17-15-22-48-53(31)40(34)58/h26-32,34-37,47-48,62-63H,13-25H2,1-12H3,(H,49,61). The predicted octanol–water partition coefficient (Wildman–Crippen LogP) is 1.51. The van der Waals surface area contributed by atoms with Crippen molar-refractivity contribution in [1.29, 1.82) is 0 Å². The van der Waals surface area contributed by atoms with Gasteiger partial charge in [-0.1, -0.05) is 48.5 Å². The summed E-state index contributed by atoms with van der Waals surface area (Å²) >= 11 is 0. The van der Waals surface area contributed by atoms with E-state index < -0.39 is 113 Å². The van der Waals surface area contributed by atoms with E-state index in [1.807, 2.05) is 6.92 Å². The largest absolute Gasteiger partial charge is 0.458 e. The van der Waals surface area contributed by atoms with Crippen LogP contribution < -0.4 is 16.2 Å². The van der Waals surface area contributed by atoms with Crippen LogP contribution in [-0.2, 0) is 57.2 Å². The Bertz CT molecular complexity index is 1860. The second-order valence-electron chi connectivity index (χ2n) is 20.4. The fourth-order valence-corrected chi connectivity index (χ4v) is 10.7. The molecule has 0 aliphatic carbocycles. The van der Waals surface area contributed by atoms with Crippen LogP contribution in [0.2, 0.25) is 0 Å². The first-order valence-electron chi connectivity index (χ1n) is 24.3. The number of hydrazine groups is 2. The van der Waals surface area contributed by atoms with Crippen molar-refractivity contribution in [3.63, 3.8) is 0 Å². The van der Waals surface area contributed by atoms with E-state index in [0.717, 1.165) is 16.4 Å². The third kappa shape index (κ3) is 10.7. The minimum absolute atomic E-state index is 0.0106. The minimum atomic E-state index is -1.95. The van der Waals surface area contributed by atoms with Crippen LogP contribution in [0.3, 0.4) is 0 Å². The van der Waals surface area contributed by atoms with Gasteiger partial charge in [-0.05, 0) is 88.9 Å². The molecule has 22 heteroatoms. The first-order chi connectivity index (χ1) is 32.0. The number of carbonyl (C=O) groups excluding carboxylic acids is 7. The first kappa shape index (κ1) is 54.9. The van der Waals surface area contributed by atoms with E-state index in [9.17, 15) is 34.4 Å². The lowest BCUT2D eigenvalue weighted by atomic mass is 9.78. The van der Waals surface area contributed by atoms with Crippen molar-refractivity contribution in [2.45, 2.75) is 180 Å². The Morgan fingerprint density at radius 1 is 0.853 bits per heavy atom. The summed E-state index contributed by atoms with van der Waals surface area (Å²) in [5.74, 6) is -9.37. The number of carbonyl (C=O) groups is 7. The molecule has 0 saturated carbocycles. The van der Waals surface area contributed by atoms with Gasteiger partial charge in [0.1, 0.15) is 36.8 Å². The van der Waals surface area contributed by atoms with Gasteiger partial charge in [-0.2, -0.15) is 0 Å². The predicted molar refractivity (Wildman–Crippen MR) is 241 cm³/mol. The van der Waals surface area contributed by atoms with Crippen molar-refractivity contribution in [3.05, 3.63) is 0 Å². The molecule has 11 atom stereocenters. The van der Waals surface area contributed by atoms with Crippen LogP contribution >= 0.6 is 0 Å². The second-order valence-corrected chi connectivity index (χ2v) is 20.4. The van der Waals surface area contributed by atoms with E-state index >= 15 is 9.59 Å².